The fourth-order valence-corrected chi connectivity index (χ4v) is 2.91. The lowest BCUT2D eigenvalue weighted by atomic mass is 9.84. The van der Waals surface area contributed by atoms with Crippen LogP contribution in [0, 0.1) is 5.92 Å². The molecule has 0 radical (unpaired) electrons. The van der Waals surface area contributed by atoms with Crippen LogP contribution >= 0.6 is 0 Å². The summed E-state index contributed by atoms with van der Waals surface area (Å²) >= 11 is 0. The summed E-state index contributed by atoms with van der Waals surface area (Å²) in [4.78, 5) is 4.33. The minimum atomic E-state index is -4.11. The summed E-state index contributed by atoms with van der Waals surface area (Å²) in [6, 6.07) is -0.502. The number of alkyl halides is 3. The van der Waals surface area contributed by atoms with Gasteiger partial charge in [-0.2, -0.15) is 18.3 Å². The van der Waals surface area contributed by atoms with Crippen LogP contribution in [0.15, 0.2) is 0 Å². The monoisotopic (exact) mass is 288 g/mol. The molecule has 4 nitrogen and oxygen atoms in total. The highest BCUT2D eigenvalue weighted by atomic mass is 19.4. The Labute approximate surface area is 115 Å². The summed E-state index contributed by atoms with van der Waals surface area (Å²) in [5, 5.41) is 9.94. The molecule has 2 aliphatic carbocycles. The minimum Gasteiger partial charge on any atom is -0.306 e. The van der Waals surface area contributed by atoms with Crippen molar-refractivity contribution < 1.29 is 13.2 Å². The first-order valence-corrected chi connectivity index (χ1v) is 7.25. The second kappa shape index (κ2) is 5.35. The molecular formula is C13H19F3N4. The average Bonchev–Trinajstić information content (AvgIpc) is 3.15. The van der Waals surface area contributed by atoms with Crippen LogP contribution in [0.25, 0.3) is 0 Å². The van der Waals surface area contributed by atoms with Crippen LogP contribution in [0.1, 0.15) is 56.1 Å². The van der Waals surface area contributed by atoms with Crippen molar-refractivity contribution >= 4 is 0 Å². The van der Waals surface area contributed by atoms with Crippen molar-refractivity contribution in [2.45, 2.75) is 63.2 Å². The Bertz CT molecular complexity index is 453. The summed E-state index contributed by atoms with van der Waals surface area (Å²) in [6.07, 6.45) is 0.439. The Morgan fingerprint density at radius 3 is 2.60 bits per heavy atom. The first-order valence-electron chi connectivity index (χ1n) is 7.25. The van der Waals surface area contributed by atoms with Gasteiger partial charge >= 0.3 is 6.18 Å². The lowest BCUT2D eigenvalue weighted by Gasteiger charge is -2.33. The predicted molar refractivity (Wildman–Crippen MR) is 67.0 cm³/mol. The van der Waals surface area contributed by atoms with Crippen molar-refractivity contribution in [1.82, 2.24) is 20.5 Å². The number of aromatic amines is 1. The smallest absolute Gasteiger partial charge is 0.306 e. The van der Waals surface area contributed by atoms with Gasteiger partial charge in [0.15, 0.2) is 5.82 Å². The van der Waals surface area contributed by atoms with Crippen molar-refractivity contribution in [3.05, 3.63) is 11.6 Å². The van der Waals surface area contributed by atoms with Gasteiger partial charge in [0.1, 0.15) is 5.82 Å². The summed E-state index contributed by atoms with van der Waals surface area (Å²) in [7, 11) is 0. The molecule has 7 heteroatoms. The van der Waals surface area contributed by atoms with Crippen molar-refractivity contribution in [2.75, 3.05) is 0 Å². The molecule has 112 valence electrons. The van der Waals surface area contributed by atoms with Crippen LogP contribution in [0.3, 0.4) is 0 Å². The molecule has 0 spiro atoms. The van der Waals surface area contributed by atoms with E-state index < -0.39 is 18.1 Å². The highest BCUT2D eigenvalue weighted by molar-refractivity contribution is 5.05. The standard InChI is InChI=1S/C13H19F3N4/c14-13(15,16)9-3-1-2-4-10(9)17-7-11-18-12(20-19-11)8-5-6-8/h8-10,17H,1-7H2,(H,18,19,20). The van der Waals surface area contributed by atoms with E-state index in [0.717, 1.165) is 25.1 Å². The van der Waals surface area contributed by atoms with Gasteiger partial charge in [-0.1, -0.05) is 12.8 Å². The summed E-state index contributed by atoms with van der Waals surface area (Å²) in [6.45, 7) is 0.330. The van der Waals surface area contributed by atoms with Crippen molar-refractivity contribution in [3.8, 4) is 0 Å². The van der Waals surface area contributed by atoms with Gasteiger partial charge in [-0.05, 0) is 25.7 Å². The molecule has 0 saturated heterocycles. The largest absolute Gasteiger partial charge is 0.393 e. The Morgan fingerprint density at radius 2 is 1.90 bits per heavy atom. The van der Waals surface area contributed by atoms with E-state index in [9.17, 15) is 13.2 Å². The molecule has 1 heterocycles. The zero-order valence-corrected chi connectivity index (χ0v) is 11.2. The molecular weight excluding hydrogens is 269 g/mol. The summed E-state index contributed by atoms with van der Waals surface area (Å²) < 4.78 is 38.9. The van der Waals surface area contributed by atoms with Crippen LogP contribution in [0.5, 0.6) is 0 Å². The molecule has 1 aromatic rings. The van der Waals surface area contributed by atoms with E-state index in [0.29, 0.717) is 31.1 Å². The van der Waals surface area contributed by atoms with E-state index in [1.165, 1.54) is 0 Å². The third kappa shape index (κ3) is 3.13. The normalized spacial score (nSPS) is 27.8. The number of H-pyrrole nitrogens is 1. The van der Waals surface area contributed by atoms with Gasteiger partial charge in [-0.15, -0.1) is 0 Å². The van der Waals surface area contributed by atoms with Gasteiger partial charge in [0.25, 0.3) is 0 Å². The number of rotatable bonds is 4. The van der Waals surface area contributed by atoms with E-state index in [2.05, 4.69) is 20.5 Å². The maximum atomic E-state index is 13.0. The molecule has 2 atom stereocenters. The van der Waals surface area contributed by atoms with E-state index in [1.807, 2.05) is 0 Å². The molecule has 3 rings (SSSR count). The molecule has 0 aromatic carbocycles. The van der Waals surface area contributed by atoms with Crippen LogP contribution in [-0.2, 0) is 6.54 Å². The zero-order valence-electron chi connectivity index (χ0n) is 11.2. The summed E-state index contributed by atoms with van der Waals surface area (Å²) in [5.41, 5.74) is 0. The molecule has 2 saturated carbocycles. The Morgan fingerprint density at radius 1 is 1.15 bits per heavy atom. The highest BCUT2D eigenvalue weighted by Crippen LogP contribution is 2.38. The van der Waals surface area contributed by atoms with Gasteiger partial charge in [-0.25, -0.2) is 4.98 Å². The molecule has 2 fully saturated rings. The van der Waals surface area contributed by atoms with Crippen molar-refractivity contribution in [3.63, 3.8) is 0 Å². The van der Waals surface area contributed by atoms with Gasteiger partial charge in [0.2, 0.25) is 0 Å². The maximum Gasteiger partial charge on any atom is 0.393 e. The molecule has 0 aliphatic heterocycles. The fraction of sp³-hybridized carbons (Fsp3) is 0.846. The van der Waals surface area contributed by atoms with Gasteiger partial charge in [0, 0.05) is 12.0 Å². The Hall–Kier alpha value is -1.11. The minimum absolute atomic E-state index is 0.227. The number of hydrogen-bond acceptors (Lipinski definition) is 3. The van der Waals surface area contributed by atoms with Gasteiger partial charge in [0.05, 0.1) is 12.5 Å². The Balaban J connectivity index is 1.57. The molecule has 0 bridgehead atoms. The van der Waals surface area contributed by atoms with Crippen LogP contribution < -0.4 is 5.32 Å². The summed E-state index contributed by atoms with van der Waals surface area (Å²) in [5.74, 6) is 0.663. The lowest BCUT2D eigenvalue weighted by Crippen LogP contribution is -2.45. The molecule has 2 unspecified atom stereocenters. The van der Waals surface area contributed by atoms with E-state index in [-0.39, 0.29) is 6.42 Å². The third-order valence-corrected chi connectivity index (χ3v) is 4.21. The SMILES string of the molecule is FC(F)(F)C1CCCCC1NCc1nc(C2CC2)n[nH]1. The maximum absolute atomic E-state index is 13.0. The molecule has 20 heavy (non-hydrogen) atoms. The number of halogens is 3. The van der Waals surface area contributed by atoms with Crippen LogP contribution in [0.2, 0.25) is 0 Å². The average molecular weight is 288 g/mol. The van der Waals surface area contributed by atoms with E-state index >= 15 is 0 Å². The number of nitrogens with one attached hydrogen (secondary N) is 2. The van der Waals surface area contributed by atoms with Gasteiger partial charge < -0.3 is 5.32 Å². The molecule has 2 N–H and O–H groups in total. The molecule has 2 aliphatic rings. The van der Waals surface area contributed by atoms with Crippen LogP contribution in [0.4, 0.5) is 13.2 Å². The second-order valence-corrected chi connectivity index (χ2v) is 5.83. The van der Waals surface area contributed by atoms with Crippen molar-refractivity contribution in [1.29, 1.82) is 0 Å². The number of aromatic nitrogens is 3. The van der Waals surface area contributed by atoms with Crippen molar-refractivity contribution in [2.24, 2.45) is 5.92 Å². The van der Waals surface area contributed by atoms with E-state index in [4.69, 9.17) is 0 Å². The topological polar surface area (TPSA) is 53.6 Å². The third-order valence-electron chi connectivity index (χ3n) is 4.21. The first-order chi connectivity index (χ1) is 9.54. The van der Waals surface area contributed by atoms with Gasteiger partial charge in [-0.3, -0.25) is 5.10 Å². The number of nitrogens with zero attached hydrogens (tertiary/aromatic N) is 2. The molecule has 0 amide bonds. The number of hydrogen-bond donors (Lipinski definition) is 2. The van der Waals surface area contributed by atoms with E-state index in [1.54, 1.807) is 0 Å². The molecule has 1 aromatic heterocycles. The predicted octanol–water partition coefficient (Wildman–Crippen LogP) is 2.89. The lowest BCUT2D eigenvalue weighted by molar-refractivity contribution is -0.189. The quantitative estimate of drug-likeness (QED) is 0.895. The fourth-order valence-electron chi connectivity index (χ4n) is 2.91. The highest BCUT2D eigenvalue weighted by Gasteiger charge is 2.45. The Kier molecular flexibility index (Phi) is 3.70. The van der Waals surface area contributed by atoms with Crippen LogP contribution in [-0.4, -0.2) is 27.4 Å². The zero-order chi connectivity index (χ0) is 14.2. The second-order valence-electron chi connectivity index (χ2n) is 5.83. The first kappa shape index (κ1) is 13.9.